The Morgan fingerprint density at radius 1 is 1.33 bits per heavy atom. The van der Waals surface area contributed by atoms with E-state index in [1.165, 1.54) is 0 Å². The molecule has 0 radical (unpaired) electrons. The normalized spacial score (nSPS) is 20.8. The van der Waals surface area contributed by atoms with Gasteiger partial charge in [-0.3, -0.25) is 4.79 Å². The molecule has 156 valence electrons. The van der Waals surface area contributed by atoms with Crippen LogP contribution in [-0.2, 0) is 27.3 Å². The summed E-state index contributed by atoms with van der Waals surface area (Å²) in [5, 5.41) is 11.8. The highest BCUT2D eigenvalue weighted by Crippen LogP contribution is 2.43. The van der Waals surface area contributed by atoms with Gasteiger partial charge >= 0.3 is 5.97 Å². The van der Waals surface area contributed by atoms with Crippen molar-refractivity contribution in [1.29, 1.82) is 0 Å². The third-order valence-corrected chi connectivity index (χ3v) is 6.00. The highest BCUT2D eigenvalue weighted by atomic mass is 16.6. The number of cyclic esters (lactones) is 1. The number of pyridine rings is 1. The molecule has 0 spiro atoms. The van der Waals surface area contributed by atoms with Crippen molar-refractivity contribution >= 4 is 28.9 Å². The van der Waals surface area contributed by atoms with Crippen LogP contribution in [0.5, 0.6) is 5.75 Å². The number of fused-ring (bicyclic) bond motifs is 1. The van der Waals surface area contributed by atoms with Crippen molar-refractivity contribution in [2.24, 2.45) is 5.73 Å². The number of esters is 1. The van der Waals surface area contributed by atoms with Gasteiger partial charge in [0.25, 0.3) is 6.47 Å². The fraction of sp³-hybridized carbons (Fsp3) is 0.348. The number of hydrogen-bond donors (Lipinski definition) is 2. The number of carbonyl (C=O) groups excluding carboxylic acids is 2. The van der Waals surface area contributed by atoms with Gasteiger partial charge in [-0.1, -0.05) is 13.8 Å². The Balaban J connectivity index is 1.87. The lowest BCUT2D eigenvalue weighted by atomic mass is 9.87. The van der Waals surface area contributed by atoms with E-state index in [-0.39, 0.29) is 19.6 Å². The summed E-state index contributed by atoms with van der Waals surface area (Å²) in [4.78, 5) is 27.8. The number of nitrogens with two attached hydrogens (primary N) is 1. The van der Waals surface area contributed by atoms with Crippen molar-refractivity contribution in [2.75, 3.05) is 6.61 Å². The first-order chi connectivity index (χ1) is 14.5. The molecule has 30 heavy (non-hydrogen) atoms. The van der Waals surface area contributed by atoms with Gasteiger partial charge in [0.2, 0.25) is 0 Å². The number of aromatic nitrogens is 1. The zero-order valence-electron chi connectivity index (χ0n) is 17.0. The molecule has 2 heterocycles. The maximum Gasteiger partial charge on any atom is 0.343 e. The molecule has 1 aromatic heterocycles. The van der Waals surface area contributed by atoms with Crippen LogP contribution in [0.1, 0.15) is 43.5 Å². The van der Waals surface area contributed by atoms with Gasteiger partial charge in [-0.25, -0.2) is 9.78 Å². The molecule has 3 N–H and O–H groups in total. The van der Waals surface area contributed by atoms with Gasteiger partial charge in [0.15, 0.2) is 5.60 Å². The summed E-state index contributed by atoms with van der Waals surface area (Å²) in [7, 11) is 0. The second-order valence-corrected chi connectivity index (χ2v) is 7.52. The number of nitrogens with zero attached hydrogens (tertiary/aromatic N) is 1. The van der Waals surface area contributed by atoms with E-state index in [1.54, 1.807) is 19.1 Å². The Bertz CT molecular complexity index is 1120. The second kappa shape index (κ2) is 7.66. The molecule has 1 atom stereocenters. The summed E-state index contributed by atoms with van der Waals surface area (Å²) in [5.41, 5.74) is 10.4. The maximum absolute atomic E-state index is 12.2. The molecule has 1 unspecified atom stereocenters. The highest BCUT2D eigenvalue weighted by molar-refractivity contribution is 5.92. The lowest BCUT2D eigenvalue weighted by molar-refractivity contribution is -0.162. The first-order valence-corrected chi connectivity index (χ1v) is 10.1. The predicted molar refractivity (Wildman–Crippen MR) is 112 cm³/mol. The Morgan fingerprint density at radius 2 is 2.13 bits per heavy atom. The van der Waals surface area contributed by atoms with Crippen LogP contribution < -0.4 is 10.5 Å². The number of hydrogen-bond acceptors (Lipinski definition) is 7. The average Bonchev–Trinajstić information content (AvgIpc) is 3.20. The van der Waals surface area contributed by atoms with E-state index in [2.05, 4.69) is 0 Å². The zero-order valence-corrected chi connectivity index (χ0v) is 17.0. The minimum absolute atomic E-state index is 0.176. The van der Waals surface area contributed by atoms with Crippen molar-refractivity contribution in [2.45, 2.75) is 45.3 Å². The van der Waals surface area contributed by atoms with E-state index in [9.17, 15) is 14.7 Å². The quantitative estimate of drug-likeness (QED) is 0.558. The third-order valence-electron chi connectivity index (χ3n) is 6.00. The van der Waals surface area contributed by atoms with E-state index in [4.69, 9.17) is 20.2 Å². The second-order valence-electron chi connectivity index (χ2n) is 7.52. The topological polar surface area (TPSA) is 112 Å². The smallest absolute Gasteiger partial charge is 0.343 e. The van der Waals surface area contributed by atoms with Gasteiger partial charge < -0.3 is 20.3 Å². The molecule has 2 aromatic rings. The van der Waals surface area contributed by atoms with Crippen molar-refractivity contribution in [3.05, 3.63) is 52.2 Å². The molecule has 7 heteroatoms. The number of benzene rings is 1. The Morgan fingerprint density at radius 3 is 2.80 bits per heavy atom. The van der Waals surface area contributed by atoms with Gasteiger partial charge in [0.05, 0.1) is 11.2 Å². The lowest BCUT2D eigenvalue weighted by Crippen LogP contribution is -2.44. The maximum atomic E-state index is 12.2. The van der Waals surface area contributed by atoms with Crippen LogP contribution in [0.25, 0.3) is 16.5 Å². The van der Waals surface area contributed by atoms with Crippen molar-refractivity contribution < 1.29 is 24.2 Å². The largest absolute Gasteiger partial charge is 0.459 e. The number of rotatable bonds is 6. The number of ether oxygens (including phenoxy) is 2. The van der Waals surface area contributed by atoms with Crippen LogP contribution in [0.4, 0.5) is 0 Å². The summed E-state index contributed by atoms with van der Waals surface area (Å²) >= 11 is 0. The number of allylic oxidation sites excluding steroid dienone is 1. The van der Waals surface area contributed by atoms with Crippen LogP contribution in [0.3, 0.4) is 0 Å². The zero-order chi connectivity index (χ0) is 21.5. The van der Waals surface area contributed by atoms with Crippen LogP contribution in [0, 0.1) is 0 Å². The van der Waals surface area contributed by atoms with Gasteiger partial charge in [-0.05, 0) is 71.4 Å². The number of aryl methyl sites for hydroxylation is 1. The van der Waals surface area contributed by atoms with E-state index in [0.29, 0.717) is 24.2 Å². The van der Waals surface area contributed by atoms with Crippen molar-refractivity contribution in [1.82, 2.24) is 4.98 Å². The molecule has 0 amide bonds. The summed E-state index contributed by atoms with van der Waals surface area (Å²) in [5.74, 6) is -0.158. The van der Waals surface area contributed by atoms with Crippen LogP contribution in [0.2, 0.25) is 0 Å². The standard InChI is InChI=1S/C23H24N2O5/c1-3-16-17-9-15(30-12-26)5-6-20(17)25-21(18(16)10-24)13-7-14-11-29-22(27)23(28,4-2)19(14)8-13/h5-6,8-9,12,28H,3-4,7,10-11,24H2,1-2H3. The molecule has 1 aliphatic carbocycles. The summed E-state index contributed by atoms with van der Waals surface area (Å²) in [6, 6.07) is 5.31. The lowest BCUT2D eigenvalue weighted by Gasteiger charge is -2.30. The van der Waals surface area contributed by atoms with E-state index in [1.807, 2.05) is 19.1 Å². The SMILES string of the molecule is CCc1c(CN)c(C2=CC3=C(COC(=O)C3(O)CC)C2)nc2ccc(OC=O)cc12. The molecule has 0 saturated heterocycles. The predicted octanol–water partition coefficient (Wildman–Crippen LogP) is 2.57. The Kier molecular flexibility index (Phi) is 5.17. The Labute approximate surface area is 174 Å². The monoisotopic (exact) mass is 408 g/mol. The van der Waals surface area contributed by atoms with E-state index < -0.39 is 11.6 Å². The molecule has 0 bridgehead atoms. The molecule has 0 fully saturated rings. The van der Waals surface area contributed by atoms with E-state index in [0.717, 1.165) is 45.3 Å². The Hall–Kier alpha value is -3.03. The molecule has 1 aromatic carbocycles. The van der Waals surface area contributed by atoms with Crippen LogP contribution >= 0.6 is 0 Å². The summed E-state index contributed by atoms with van der Waals surface area (Å²) < 4.78 is 10.2. The van der Waals surface area contributed by atoms with Crippen molar-refractivity contribution in [3.63, 3.8) is 0 Å². The number of carbonyl (C=O) groups is 2. The van der Waals surface area contributed by atoms with Crippen molar-refractivity contribution in [3.8, 4) is 5.75 Å². The molecule has 7 nitrogen and oxygen atoms in total. The van der Waals surface area contributed by atoms with Gasteiger partial charge in [0.1, 0.15) is 12.4 Å². The highest BCUT2D eigenvalue weighted by Gasteiger charge is 2.45. The fourth-order valence-corrected chi connectivity index (χ4v) is 4.43. The average molecular weight is 408 g/mol. The minimum Gasteiger partial charge on any atom is -0.459 e. The van der Waals surface area contributed by atoms with Gasteiger partial charge in [-0.15, -0.1) is 0 Å². The molecular formula is C23H24N2O5. The van der Waals surface area contributed by atoms with Gasteiger partial charge in [-0.2, -0.15) is 0 Å². The molecule has 4 rings (SSSR count). The van der Waals surface area contributed by atoms with Crippen LogP contribution in [-0.4, -0.2) is 34.7 Å². The number of aliphatic hydroxyl groups is 1. The first kappa shape index (κ1) is 20.3. The minimum atomic E-state index is -1.62. The molecule has 1 aliphatic heterocycles. The summed E-state index contributed by atoms with van der Waals surface area (Å²) in [6.45, 7) is 4.66. The summed E-state index contributed by atoms with van der Waals surface area (Å²) in [6.07, 6.45) is 3.38. The third kappa shape index (κ3) is 3.02. The molecule has 0 saturated carbocycles. The fourth-order valence-electron chi connectivity index (χ4n) is 4.43. The van der Waals surface area contributed by atoms with Crippen LogP contribution in [0.15, 0.2) is 35.4 Å². The molecule has 2 aliphatic rings. The molecular weight excluding hydrogens is 384 g/mol. The first-order valence-electron chi connectivity index (χ1n) is 10.1. The van der Waals surface area contributed by atoms with Gasteiger partial charge in [0, 0.05) is 11.9 Å². The van der Waals surface area contributed by atoms with E-state index >= 15 is 0 Å².